The van der Waals surface area contributed by atoms with E-state index in [0.717, 1.165) is 17.7 Å². The van der Waals surface area contributed by atoms with Crippen LogP contribution >= 0.6 is 0 Å². The van der Waals surface area contributed by atoms with Gasteiger partial charge in [-0.05, 0) is 27.2 Å². The lowest BCUT2D eigenvalue weighted by Crippen LogP contribution is -2.44. The third-order valence-electron chi connectivity index (χ3n) is 2.92. The number of hydrogen-bond acceptors (Lipinski definition) is 4. The Morgan fingerprint density at radius 2 is 2.00 bits per heavy atom. The summed E-state index contributed by atoms with van der Waals surface area (Å²) in [6.45, 7) is 5.97. The molecule has 1 heterocycles. The fraction of sp³-hybridized carbons (Fsp3) is 0.733. The van der Waals surface area contributed by atoms with E-state index in [0.29, 0.717) is 6.54 Å². The number of alkyl carbamates (subject to hydrolysis) is 1. The number of carbonyl (C=O) groups excluding carboxylic acids is 1. The number of carbonyl (C=O) groups is 1. The Labute approximate surface area is 135 Å². The van der Waals surface area contributed by atoms with Gasteiger partial charge in [0.05, 0.1) is 18.8 Å². The van der Waals surface area contributed by atoms with E-state index in [1.54, 1.807) is 32.5 Å². The van der Waals surface area contributed by atoms with Gasteiger partial charge in [-0.1, -0.05) is 6.92 Å². The van der Waals surface area contributed by atoms with E-state index in [1.165, 1.54) is 0 Å². The van der Waals surface area contributed by atoms with Gasteiger partial charge in [-0.15, -0.1) is 0 Å². The van der Waals surface area contributed by atoms with E-state index in [2.05, 4.69) is 15.7 Å². The van der Waals surface area contributed by atoms with Gasteiger partial charge in [-0.3, -0.25) is 4.68 Å². The molecule has 0 aliphatic heterocycles. The third-order valence-corrected chi connectivity index (χ3v) is 2.92. The first-order valence-corrected chi connectivity index (χ1v) is 7.59. The highest BCUT2D eigenvalue weighted by Crippen LogP contribution is 2.13. The molecule has 0 spiro atoms. The summed E-state index contributed by atoms with van der Waals surface area (Å²) in [4.78, 5) is 11.4. The van der Waals surface area contributed by atoms with Crippen LogP contribution < -0.4 is 10.6 Å². The van der Waals surface area contributed by atoms with Crippen molar-refractivity contribution in [3.05, 3.63) is 17.5 Å². The average molecular weight is 332 g/mol. The number of amides is 1. The summed E-state index contributed by atoms with van der Waals surface area (Å²) in [5, 5.41) is 9.05. The fourth-order valence-electron chi connectivity index (χ4n) is 1.99. The van der Waals surface area contributed by atoms with Crippen LogP contribution in [0.2, 0.25) is 0 Å². The Balaban J connectivity index is 2.39. The molecule has 0 aromatic carbocycles. The van der Waals surface area contributed by atoms with Crippen molar-refractivity contribution < 1.29 is 18.3 Å². The number of halogens is 2. The molecule has 0 saturated carbocycles. The van der Waals surface area contributed by atoms with Gasteiger partial charge in [0.25, 0.3) is 5.92 Å². The number of alkyl halides is 2. The first-order chi connectivity index (χ1) is 10.5. The van der Waals surface area contributed by atoms with Gasteiger partial charge >= 0.3 is 6.09 Å². The molecule has 0 radical (unpaired) electrons. The molecule has 2 N–H and O–H groups in total. The Bertz CT molecular complexity index is 524. The van der Waals surface area contributed by atoms with Crippen LogP contribution in [0.5, 0.6) is 0 Å². The maximum Gasteiger partial charge on any atom is 0.407 e. The van der Waals surface area contributed by atoms with Gasteiger partial charge in [-0.25, -0.2) is 13.6 Å². The number of ether oxygens (including phenoxy) is 1. The van der Waals surface area contributed by atoms with Crippen molar-refractivity contribution >= 4 is 6.09 Å². The quantitative estimate of drug-likeness (QED) is 0.803. The molecule has 0 aliphatic rings. The van der Waals surface area contributed by atoms with Gasteiger partial charge in [0.2, 0.25) is 0 Å². The molecule has 8 heteroatoms. The van der Waals surface area contributed by atoms with Gasteiger partial charge in [0.1, 0.15) is 5.60 Å². The molecule has 1 aromatic heterocycles. The number of hydrogen-bond donors (Lipinski definition) is 2. The minimum absolute atomic E-state index is 0.305. The zero-order valence-corrected chi connectivity index (χ0v) is 14.4. The van der Waals surface area contributed by atoms with Crippen LogP contribution in [0, 0.1) is 0 Å². The Hall–Kier alpha value is -1.70. The maximum atomic E-state index is 13.8. The number of aryl methyl sites for hydroxylation is 2. The summed E-state index contributed by atoms with van der Waals surface area (Å²) in [7, 11) is 1.79. The van der Waals surface area contributed by atoms with Crippen molar-refractivity contribution in [2.45, 2.75) is 52.2 Å². The first-order valence-electron chi connectivity index (χ1n) is 7.59. The first kappa shape index (κ1) is 19.3. The van der Waals surface area contributed by atoms with Crippen LogP contribution in [0.15, 0.2) is 6.20 Å². The van der Waals surface area contributed by atoms with Crippen molar-refractivity contribution in [3.63, 3.8) is 0 Å². The fourth-order valence-corrected chi connectivity index (χ4v) is 1.99. The molecule has 0 atom stereocenters. The molecule has 6 nitrogen and oxygen atoms in total. The highest BCUT2D eigenvalue weighted by atomic mass is 19.3. The molecule has 23 heavy (non-hydrogen) atoms. The van der Waals surface area contributed by atoms with Crippen LogP contribution in [-0.2, 0) is 24.8 Å². The highest BCUT2D eigenvalue weighted by molar-refractivity contribution is 5.67. The van der Waals surface area contributed by atoms with Crippen LogP contribution in [0.3, 0.4) is 0 Å². The minimum atomic E-state index is -3.06. The van der Waals surface area contributed by atoms with Crippen molar-refractivity contribution in [1.82, 2.24) is 20.4 Å². The summed E-state index contributed by atoms with van der Waals surface area (Å²) < 4.78 is 34.1. The van der Waals surface area contributed by atoms with E-state index >= 15 is 0 Å². The number of nitrogens with zero attached hydrogens (tertiary/aromatic N) is 2. The molecule has 1 rings (SSSR count). The molecule has 1 amide bonds. The van der Waals surface area contributed by atoms with E-state index in [-0.39, 0.29) is 0 Å². The SMILES string of the molecule is CCc1nn(C)cc1CNCC(F)(F)CNC(=O)OC(C)(C)C. The van der Waals surface area contributed by atoms with Gasteiger partial charge in [0, 0.05) is 25.4 Å². The summed E-state index contributed by atoms with van der Waals surface area (Å²) in [5.41, 5.74) is 1.06. The summed E-state index contributed by atoms with van der Waals surface area (Å²) in [6.07, 6.45) is 1.70. The number of nitrogens with one attached hydrogen (secondary N) is 2. The maximum absolute atomic E-state index is 13.8. The largest absolute Gasteiger partial charge is 0.444 e. The van der Waals surface area contributed by atoms with Crippen LogP contribution in [0.4, 0.5) is 13.6 Å². The molecule has 0 aliphatic carbocycles. The second-order valence-electron chi connectivity index (χ2n) is 6.44. The monoisotopic (exact) mass is 332 g/mol. The average Bonchev–Trinajstić information content (AvgIpc) is 2.75. The lowest BCUT2D eigenvalue weighted by atomic mass is 10.2. The predicted octanol–water partition coefficient (Wildman–Crippen LogP) is 2.23. The molecule has 1 aromatic rings. The standard InChI is InChI=1S/C15H26F2N4O2/c1-6-12-11(8-21(5)20-12)7-18-9-15(16,17)10-19-13(22)23-14(2,3)4/h8,18H,6-7,9-10H2,1-5H3,(H,19,22). The molecular weight excluding hydrogens is 306 g/mol. The van der Waals surface area contributed by atoms with E-state index < -0.39 is 30.7 Å². The number of aromatic nitrogens is 2. The lowest BCUT2D eigenvalue weighted by molar-refractivity contribution is -0.00377. The zero-order chi connectivity index (χ0) is 17.7. The molecule has 0 bridgehead atoms. The smallest absolute Gasteiger partial charge is 0.407 e. The van der Waals surface area contributed by atoms with Crippen LogP contribution in [0.25, 0.3) is 0 Å². The van der Waals surface area contributed by atoms with Gasteiger partial charge in [0.15, 0.2) is 0 Å². The topological polar surface area (TPSA) is 68.2 Å². The Morgan fingerprint density at radius 1 is 1.35 bits per heavy atom. The second kappa shape index (κ2) is 7.72. The Morgan fingerprint density at radius 3 is 2.57 bits per heavy atom. The normalized spacial score (nSPS) is 12.3. The van der Waals surface area contributed by atoms with Crippen LogP contribution in [-0.4, -0.2) is 40.5 Å². The highest BCUT2D eigenvalue weighted by Gasteiger charge is 2.30. The van der Waals surface area contributed by atoms with Crippen molar-refractivity contribution in [3.8, 4) is 0 Å². The lowest BCUT2D eigenvalue weighted by Gasteiger charge is -2.22. The summed E-state index contributed by atoms with van der Waals surface area (Å²) in [5.74, 6) is -3.06. The second-order valence-corrected chi connectivity index (χ2v) is 6.44. The minimum Gasteiger partial charge on any atom is -0.444 e. The van der Waals surface area contributed by atoms with Crippen molar-refractivity contribution in [2.24, 2.45) is 7.05 Å². The Kier molecular flexibility index (Phi) is 6.49. The van der Waals surface area contributed by atoms with E-state index in [1.807, 2.05) is 13.1 Å². The summed E-state index contributed by atoms with van der Waals surface area (Å²) >= 11 is 0. The molecule has 0 saturated heterocycles. The van der Waals surface area contributed by atoms with Crippen LogP contribution in [0.1, 0.15) is 39.0 Å². The third kappa shape index (κ3) is 7.40. The zero-order valence-electron chi connectivity index (χ0n) is 14.4. The predicted molar refractivity (Wildman–Crippen MR) is 83.5 cm³/mol. The van der Waals surface area contributed by atoms with Gasteiger partial charge in [-0.2, -0.15) is 5.10 Å². The molecule has 0 unspecified atom stereocenters. The molecule has 132 valence electrons. The number of rotatable bonds is 7. The van der Waals surface area contributed by atoms with Crippen molar-refractivity contribution in [2.75, 3.05) is 13.1 Å². The van der Waals surface area contributed by atoms with Crippen molar-refractivity contribution in [1.29, 1.82) is 0 Å². The van der Waals surface area contributed by atoms with E-state index in [9.17, 15) is 13.6 Å². The van der Waals surface area contributed by atoms with Gasteiger partial charge < -0.3 is 15.4 Å². The molecule has 0 fully saturated rings. The van der Waals surface area contributed by atoms with E-state index in [4.69, 9.17) is 4.74 Å². The summed E-state index contributed by atoms with van der Waals surface area (Å²) in [6, 6.07) is 0. The molecular formula is C15H26F2N4O2.